The van der Waals surface area contributed by atoms with Gasteiger partial charge in [0.15, 0.2) is 5.82 Å². The maximum absolute atomic E-state index is 5.44. The summed E-state index contributed by atoms with van der Waals surface area (Å²) < 4.78 is 0. The molecule has 5 heteroatoms. The number of benzene rings is 1. The molecule has 1 aromatic carbocycles. The van der Waals surface area contributed by atoms with Crippen LogP contribution in [0.4, 0.5) is 0 Å². The fourth-order valence-electron chi connectivity index (χ4n) is 1.53. The van der Waals surface area contributed by atoms with Crippen molar-refractivity contribution in [3.63, 3.8) is 0 Å². The van der Waals surface area contributed by atoms with E-state index in [4.69, 9.17) is 5.73 Å². The molecule has 0 radical (unpaired) electrons. The average Bonchev–Trinajstić information content (AvgIpc) is 2.76. The number of hydrogen-bond donors (Lipinski definition) is 1. The summed E-state index contributed by atoms with van der Waals surface area (Å²) in [6.07, 6.45) is 0. The van der Waals surface area contributed by atoms with Crippen molar-refractivity contribution >= 4 is 0 Å². The summed E-state index contributed by atoms with van der Waals surface area (Å²) in [5.74, 6) is 0.546. The number of aromatic nitrogens is 4. The van der Waals surface area contributed by atoms with Crippen LogP contribution in [0.15, 0.2) is 24.3 Å². The van der Waals surface area contributed by atoms with Gasteiger partial charge in [0, 0.05) is 0 Å². The highest BCUT2D eigenvalue weighted by atomic mass is 15.6. The summed E-state index contributed by atoms with van der Waals surface area (Å²) in [6, 6.07) is 8.15. The third kappa shape index (κ3) is 2.50. The molecule has 90 valence electrons. The molecule has 2 aromatic rings. The minimum absolute atomic E-state index is 0.150. The lowest BCUT2D eigenvalue weighted by atomic mass is 9.87. The van der Waals surface area contributed by atoms with Gasteiger partial charge in [-0.15, -0.1) is 15.0 Å². The topological polar surface area (TPSA) is 69.6 Å². The van der Waals surface area contributed by atoms with Crippen molar-refractivity contribution in [2.75, 3.05) is 0 Å². The summed E-state index contributed by atoms with van der Waals surface area (Å²) in [4.78, 5) is 1.49. The van der Waals surface area contributed by atoms with E-state index in [9.17, 15) is 0 Å². The fourth-order valence-corrected chi connectivity index (χ4v) is 1.53. The predicted molar refractivity (Wildman–Crippen MR) is 65.7 cm³/mol. The Morgan fingerprint density at radius 3 is 2.29 bits per heavy atom. The van der Waals surface area contributed by atoms with Gasteiger partial charge in [-0.2, -0.15) is 0 Å². The maximum atomic E-state index is 5.44. The summed E-state index contributed by atoms with van der Waals surface area (Å²) in [5.41, 5.74) is 7.77. The first-order chi connectivity index (χ1) is 8.00. The minimum atomic E-state index is 0.150. The lowest BCUT2D eigenvalue weighted by molar-refractivity contribution is 0.589. The largest absolute Gasteiger partial charge is 0.324 e. The van der Waals surface area contributed by atoms with Crippen molar-refractivity contribution in [2.45, 2.75) is 32.7 Å². The van der Waals surface area contributed by atoms with Crippen molar-refractivity contribution in [3.05, 3.63) is 35.7 Å². The number of nitrogens with zero attached hydrogens (tertiary/aromatic N) is 4. The molecule has 2 N–H and O–H groups in total. The SMILES string of the molecule is CC(C)(C)c1ccc(-n2nnc(CN)n2)cc1. The molecule has 0 bridgehead atoms. The highest BCUT2D eigenvalue weighted by molar-refractivity contribution is 5.35. The molecular weight excluding hydrogens is 214 g/mol. The molecule has 5 nitrogen and oxygen atoms in total. The zero-order valence-corrected chi connectivity index (χ0v) is 10.4. The summed E-state index contributed by atoms with van der Waals surface area (Å²) in [7, 11) is 0. The Balaban J connectivity index is 2.29. The number of hydrogen-bond acceptors (Lipinski definition) is 4. The van der Waals surface area contributed by atoms with Crippen LogP contribution >= 0.6 is 0 Å². The highest BCUT2D eigenvalue weighted by Gasteiger charge is 2.13. The molecule has 0 saturated carbocycles. The molecule has 0 unspecified atom stereocenters. The molecule has 17 heavy (non-hydrogen) atoms. The Bertz CT molecular complexity index is 492. The molecule has 0 aliphatic heterocycles. The maximum Gasteiger partial charge on any atom is 0.188 e. The van der Waals surface area contributed by atoms with Gasteiger partial charge in [-0.25, -0.2) is 0 Å². The van der Waals surface area contributed by atoms with Crippen molar-refractivity contribution in [3.8, 4) is 5.69 Å². The lowest BCUT2D eigenvalue weighted by Gasteiger charge is -2.18. The molecular formula is C12H17N5. The van der Waals surface area contributed by atoms with E-state index in [0.29, 0.717) is 12.4 Å². The zero-order chi connectivity index (χ0) is 12.5. The van der Waals surface area contributed by atoms with Gasteiger partial charge in [-0.05, 0) is 28.3 Å². The van der Waals surface area contributed by atoms with Crippen LogP contribution in [0.25, 0.3) is 5.69 Å². The van der Waals surface area contributed by atoms with Crippen LogP contribution in [0.2, 0.25) is 0 Å². The third-order valence-corrected chi connectivity index (χ3v) is 2.60. The van der Waals surface area contributed by atoms with Crippen LogP contribution in [0.3, 0.4) is 0 Å². The third-order valence-electron chi connectivity index (χ3n) is 2.60. The van der Waals surface area contributed by atoms with E-state index in [1.165, 1.54) is 10.4 Å². The average molecular weight is 231 g/mol. The van der Waals surface area contributed by atoms with E-state index >= 15 is 0 Å². The standard InChI is InChI=1S/C12H17N5/c1-12(2,3)9-4-6-10(7-5-9)17-15-11(8-13)14-16-17/h4-7H,8,13H2,1-3H3. The Labute approximate surface area is 101 Å². The summed E-state index contributed by atoms with van der Waals surface area (Å²) >= 11 is 0. The second-order valence-corrected chi connectivity index (χ2v) is 5.00. The van der Waals surface area contributed by atoms with E-state index in [1.807, 2.05) is 12.1 Å². The molecule has 0 atom stereocenters. The van der Waals surface area contributed by atoms with Crippen LogP contribution in [-0.2, 0) is 12.0 Å². The molecule has 0 amide bonds. The number of tetrazole rings is 1. The van der Waals surface area contributed by atoms with Crippen LogP contribution in [0, 0.1) is 0 Å². The minimum Gasteiger partial charge on any atom is -0.324 e. The summed E-state index contributed by atoms with van der Waals surface area (Å²) in [6.45, 7) is 6.85. The van der Waals surface area contributed by atoms with E-state index in [2.05, 4.69) is 48.3 Å². The Kier molecular flexibility index (Phi) is 2.93. The fraction of sp³-hybridized carbons (Fsp3) is 0.417. The molecule has 2 rings (SSSR count). The number of nitrogens with two attached hydrogens (primary N) is 1. The van der Waals surface area contributed by atoms with Crippen LogP contribution < -0.4 is 5.73 Å². The van der Waals surface area contributed by atoms with Gasteiger partial charge < -0.3 is 5.73 Å². The van der Waals surface area contributed by atoms with E-state index in [-0.39, 0.29) is 5.41 Å². The van der Waals surface area contributed by atoms with Crippen molar-refractivity contribution in [2.24, 2.45) is 5.73 Å². The van der Waals surface area contributed by atoms with E-state index in [1.54, 1.807) is 0 Å². The van der Waals surface area contributed by atoms with Crippen LogP contribution in [-0.4, -0.2) is 20.2 Å². The second-order valence-electron chi connectivity index (χ2n) is 5.00. The number of rotatable bonds is 2. The second kappa shape index (κ2) is 4.25. The van der Waals surface area contributed by atoms with E-state index < -0.39 is 0 Å². The monoisotopic (exact) mass is 231 g/mol. The van der Waals surface area contributed by atoms with Crippen molar-refractivity contribution in [1.29, 1.82) is 0 Å². The highest BCUT2D eigenvalue weighted by Crippen LogP contribution is 2.22. The molecule has 1 aromatic heterocycles. The van der Waals surface area contributed by atoms with Gasteiger partial charge in [0.1, 0.15) is 0 Å². The summed E-state index contributed by atoms with van der Waals surface area (Å²) in [5, 5.41) is 11.9. The Morgan fingerprint density at radius 1 is 1.18 bits per heavy atom. The van der Waals surface area contributed by atoms with Crippen molar-refractivity contribution in [1.82, 2.24) is 20.2 Å². The molecule has 0 saturated heterocycles. The lowest BCUT2D eigenvalue weighted by Crippen LogP contribution is -2.11. The van der Waals surface area contributed by atoms with E-state index in [0.717, 1.165) is 5.69 Å². The normalized spacial score (nSPS) is 11.8. The molecule has 0 aliphatic carbocycles. The first kappa shape index (κ1) is 11.7. The quantitative estimate of drug-likeness (QED) is 0.848. The Morgan fingerprint density at radius 2 is 1.82 bits per heavy atom. The van der Waals surface area contributed by atoms with Gasteiger partial charge in [-0.3, -0.25) is 0 Å². The molecule has 0 aliphatic rings. The molecule has 1 heterocycles. The van der Waals surface area contributed by atoms with Crippen molar-refractivity contribution < 1.29 is 0 Å². The van der Waals surface area contributed by atoms with Gasteiger partial charge in [0.2, 0.25) is 0 Å². The van der Waals surface area contributed by atoms with Gasteiger partial charge >= 0.3 is 0 Å². The van der Waals surface area contributed by atoms with Crippen LogP contribution in [0.1, 0.15) is 32.2 Å². The van der Waals surface area contributed by atoms with Gasteiger partial charge in [0.05, 0.1) is 12.2 Å². The molecule has 0 fully saturated rings. The zero-order valence-electron chi connectivity index (χ0n) is 10.4. The Hall–Kier alpha value is -1.75. The first-order valence-corrected chi connectivity index (χ1v) is 5.60. The van der Waals surface area contributed by atoms with Crippen LogP contribution in [0.5, 0.6) is 0 Å². The smallest absolute Gasteiger partial charge is 0.188 e. The first-order valence-electron chi connectivity index (χ1n) is 5.60. The predicted octanol–water partition coefficient (Wildman–Crippen LogP) is 1.42. The van der Waals surface area contributed by atoms with Gasteiger partial charge in [0.25, 0.3) is 0 Å². The molecule has 0 spiro atoms. The van der Waals surface area contributed by atoms with Gasteiger partial charge in [-0.1, -0.05) is 32.9 Å².